The Bertz CT molecular complexity index is 1280. The number of piperidine rings is 1. The van der Waals surface area contributed by atoms with Gasteiger partial charge in [-0.2, -0.15) is 4.31 Å². The molecule has 2 saturated heterocycles. The third kappa shape index (κ3) is 4.63. The molecule has 0 aliphatic carbocycles. The van der Waals surface area contributed by atoms with E-state index < -0.39 is 10.0 Å². The molecule has 0 bridgehead atoms. The monoisotopic (exact) mass is 484 g/mol. The third-order valence-electron chi connectivity index (χ3n) is 6.26. The normalized spacial score (nSPS) is 17.7. The molecule has 0 spiro atoms. The fourth-order valence-electron chi connectivity index (χ4n) is 4.48. The summed E-state index contributed by atoms with van der Waals surface area (Å²) < 4.78 is 34.7. The standard InChI is InChI=1S/C23H28N6O4S/c30-23(17-29-22-7-3-2-6-19(22)25-26-29)24-20-16-18(34(31,32)28-12-14-33-15-13-28)8-9-21(20)27-10-4-1-5-11-27/h2-3,6-9,16H,1,4-5,10-15,17H2,(H,24,30). The zero-order valence-electron chi connectivity index (χ0n) is 18.9. The smallest absolute Gasteiger partial charge is 0.246 e. The summed E-state index contributed by atoms with van der Waals surface area (Å²) in [5.41, 5.74) is 2.79. The number of benzene rings is 2. The molecule has 3 heterocycles. The SMILES string of the molecule is O=C(Cn1nnc2ccccc21)Nc1cc(S(=O)(=O)N2CCOCC2)ccc1N1CCCCC1. The Hall–Kier alpha value is -3.02. The van der Waals surface area contributed by atoms with Crippen LogP contribution in [0.1, 0.15) is 19.3 Å². The number of sulfonamides is 1. The van der Waals surface area contributed by atoms with Crippen molar-refractivity contribution in [3.8, 4) is 0 Å². The molecule has 2 aromatic carbocycles. The van der Waals surface area contributed by atoms with Crippen LogP contribution in [0.2, 0.25) is 0 Å². The summed E-state index contributed by atoms with van der Waals surface area (Å²) in [6.07, 6.45) is 3.29. The second-order valence-corrected chi connectivity index (χ2v) is 10.5. The summed E-state index contributed by atoms with van der Waals surface area (Å²) in [6, 6.07) is 12.4. The van der Waals surface area contributed by atoms with Gasteiger partial charge in [-0.15, -0.1) is 5.10 Å². The molecule has 34 heavy (non-hydrogen) atoms. The summed E-state index contributed by atoms with van der Waals surface area (Å²) in [5.74, 6) is -0.296. The molecule has 0 unspecified atom stereocenters. The largest absolute Gasteiger partial charge is 0.379 e. The first-order valence-electron chi connectivity index (χ1n) is 11.6. The van der Waals surface area contributed by atoms with Crippen LogP contribution >= 0.6 is 0 Å². The Labute approximate surface area is 198 Å². The van der Waals surface area contributed by atoms with Crippen LogP contribution < -0.4 is 10.2 Å². The van der Waals surface area contributed by atoms with Crippen LogP contribution in [-0.4, -0.2) is 73.0 Å². The first-order chi connectivity index (χ1) is 16.5. The van der Waals surface area contributed by atoms with E-state index in [1.807, 2.05) is 24.3 Å². The van der Waals surface area contributed by atoms with Crippen LogP contribution in [0.4, 0.5) is 11.4 Å². The molecule has 2 aliphatic rings. The molecule has 1 aromatic heterocycles. The summed E-state index contributed by atoms with van der Waals surface area (Å²) in [6.45, 7) is 3.09. The topological polar surface area (TPSA) is 110 Å². The summed E-state index contributed by atoms with van der Waals surface area (Å²) >= 11 is 0. The van der Waals surface area contributed by atoms with Crippen LogP contribution in [-0.2, 0) is 26.1 Å². The maximum atomic E-state index is 13.2. The molecular weight excluding hydrogens is 456 g/mol. The van der Waals surface area contributed by atoms with E-state index in [0.29, 0.717) is 37.5 Å². The molecule has 3 aromatic rings. The van der Waals surface area contributed by atoms with Gasteiger partial charge in [0.15, 0.2) is 0 Å². The number of carbonyl (C=O) groups excluding carboxylic acids is 1. The quantitative estimate of drug-likeness (QED) is 0.570. The molecule has 10 nitrogen and oxygen atoms in total. The predicted octanol–water partition coefficient (Wildman–Crippen LogP) is 2.08. The minimum Gasteiger partial charge on any atom is -0.379 e. The molecule has 0 saturated carbocycles. The second-order valence-electron chi connectivity index (χ2n) is 8.53. The lowest BCUT2D eigenvalue weighted by Crippen LogP contribution is -2.40. The molecule has 1 amide bonds. The molecular formula is C23H28N6O4S. The van der Waals surface area contributed by atoms with Crippen molar-refractivity contribution in [2.75, 3.05) is 49.6 Å². The van der Waals surface area contributed by atoms with Gasteiger partial charge in [-0.05, 0) is 49.6 Å². The van der Waals surface area contributed by atoms with Gasteiger partial charge in [-0.25, -0.2) is 13.1 Å². The number of hydrogen-bond acceptors (Lipinski definition) is 7. The summed E-state index contributed by atoms with van der Waals surface area (Å²) in [4.78, 5) is 15.4. The minimum atomic E-state index is -3.69. The number of nitrogens with zero attached hydrogens (tertiary/aromatic N) is 5. The molecule has 5 rings (SSSR count). The van der Waals surface area contributed by atoms with Crippen LogP contribution in [0.25, 0.3) is 11.0 Å². The lowest BCUT2D eigenvalue weighted by molar-refractivity contribution is -0.116. The molecule has 0 atom stereocenters. The van der Waals surface area contributed by atoms with Crippen molar-refractivity contribution in [3.05, 3.63) is 42.5 Å². The van der Waals surface area contributed by atoms with Gasteiger partial charge in [0.1, 0.15) is 12.1 Å². The number of morpholine rings is 1. The van der Waals surface area contributed by atoms with Crippen molar-refractivity contribution in [1.29, 1.82) is 0 Å². The number of anilines is 2. The van der Waals surface area contributed by atoms with Crippen LogP contribution in [0.15, 0.2) is 47.4 Å². The van der Waals surface area contributed by atoms with E-state index in [1.165, 1.54) is 10.7 Å². The van der Waals surface area contributed by atoms with E-state index in [2.05, 4.69) is 20.5 Å². The van der Waals surface area contributed by atoms with E-state index in [1.54, 1.807) is 22.9 Å². The Morgan fingerprint density at radius 1 is 1.00 bits per heavy atom. The molecule has 0 radical (unpaired) electrons. The van der Waals surface area contributed by atoms with E-state index in [0.717, 1.165) is 37.1 Å². The number of nitrogens with one attached hydrogen (secondary N) is 1. The number of carbonyl (C=O) groups is 1. The van der Waals surface area contributed by atoms with Crippen molar-refractivity contribution in [2.24, 2.45) is 0 Å². The van der Waals surface area contributed by atoms with Gasteiger partial charge in [0.2, 0.25) is 15.9 Å². The Morgan fingerprint density at radius 3 is 2.56 bits per heavy atom. The van der Waals surface area contributed by atoms with Crippen LogP contribution in [0.5, 0.6) is 0 Å². The summed E-state index contributed by atoms with van der Waals surface area (Å²) in [7, 11) is -3.69. The van der Waals surface area contributed by atoms with E-state index in [-0.39, 0.29) is 17.3 Å². The van der Waals surface area contributed by atoms with Gasteiger partial charge >= 0.3 is 0 Å². The van der Waals surface area contributed by atoms with Crippen molar-refractivity contribution in [3.63, 3.8) is 0 Å². The zero-order chi connectivity index (χ0) is 23.5. The highest BCUT2D eigenvalue weighted by Gasteiger charge is 2.28. The maximum absolute atomic E-state index is 13.2. The fourth-order valence-corrected chi connectivity index (χ4v) is 5.92. The average Bonchev–Trinajstić information content (AvgIpc) is 3.27. The minimum absolute atomic E-state index is 0.0274. The number of rotatable bonds is 6. The van der Waals surface area contributed by atoms with Crippen molar-refractivity contribution < 1.29 is 17.9 Å². The lowest BCUT2D eigenvalue weighted by atomic mass is 10.1. The maximum Gasteiger partial charge on any atom is 0.246 e. The van der Waals surface area contributed by atoms with Crippen molar-refractivity contribution >= 4 is 38.3 Å². The summed E-state index contributed by atoms with van der Waals surface area (Å²) in [5, 5.41) is 11.1. The number of ether oxygens (including phenoxy) is 1. The number of hydrogen-bond donors (Lipinski definition) is 1. The first-order valence-corrected chi connectivity index (χ1v) is 13.0. The Balaban J connectivity index is 1.44. The van der Waals surface area contributed by atoms with Gasteiger partial charge in [0.25, 0.3) is 0 Å². The van der Waals surface area contributed by atoms with E-state index in [4.69, 9.17) is 4.74 Å². The predicted molar refractivity (Wildman–Crippen MR) is 128 cm³/mol. The van der Waals surface area contributed by atoms with Crippen LogP contribution in [0, 0.1) is 0 Å². The number of fused-ring (bicyclic) bond motifs is 1. The van der Waals surface area contributed by atoms with Gasteiger partial charge in [0.05, 0.1) is 35.0 Å². The molecule has 2 aliphatic heterocycles. The van der Waals surface area contributed by atoms with Crippen molar-refractivity contribution in [2.45, 2.75) is 30.7 Å². The molecule has 2 fully saturated rings. The zero-order valence-corrected chi connectivity index (χ0v) is 19.7. The highest BCUT2D eigenvalue weighted by atomic mass is 32.2. The third-order valence-corrected chi connectivity index (χ3v) is 8.15. The van der Waals surface area contributed by atoms with Gasteiger partial charge in [0, 0.05) is 26.2 Å². The van der Waals surface area contributed by atoms with E-state index >= 15 is 0 Å². The molecule has 180 valence electrons. The first kappa shape index (κ1) is 22.8. The van der Waals surface area contributed by atoms with Gasteiger partial charge in [-0.1, -0.05) is 17.3 Å². The van der Waals surface area contributed by atoms with Crippen LogP contribution in [0.3, 0.4) is 0 Å². The Morgan fingerprint density at radius 2 is 1.76 bits per heavy atom. The molecule has 1 N–H and O–H groups in total. The number of aromatic nitrogens is 3. The molecule has 11 heteroatoms. The highest BCUT2D eigenvalue weighted by Crippen LogP contribution is 2.32. The van der Waals surface area contributed by atoms with Gasteiger partial charge in [-0.3, -0.25) is 4.79 Å². The van der Waals surface area contributed by atoms with E-state index in [9.17, 15) is 13.2 Å². The lowest BCUT2D eigenvalue weighted by Gasteiger charge is -2.31. The van der Waals surface area contributed by atoms with Crippen molar-refractivity contribution in [1.82, 2.24) is 19.3 Å². The van der Waals surface area contributed by atoms with Gasteiger partial charge < -0.3 is 15.0 Å². The fraction of sp³-hybridized carbons (Fsp3) is 0.435. The highest BCUT2D eigenvalue weighted by molar-refractivity contribution is 7.89. The number of para-hydroxylation sites is 1. The second kappa shape index (κ2) is 9.69. The Kier molecular flexibility index (Phi) is 6.48. The average molecular weight is 485 g/mol. The number of amides is 1.